The predicted octanol–water partition coefficient (Wildman–Crippen LogP) is 4.68. The Labute approximate surface area is 165 Å². The highest BCUT2D eigenvalue weighted by Crippen LogP contribution is 2.39. The molecule has 3 aromatic rings. The molecular weight excluding hydrogens is 391 g/mol. The van der Waals surface area contributed by atoms with Crippen LogP contribution in [0.3, 0.4) is 0 Å². The molecule has 2 aromatic heterocycles. The summed E-state index contributed by atoms with van der Waals surface area (Å²) in [6, 6.07) is 8.22. The number of halogens is 2. The maximum atomic E-state index is 12.4. The number of nitrogens with zero attached hydrogens (tertiary/aromatic N) is 2. The summed E-state index contributed by atoms with van der Waals surface area (Å²) in [5.41, 5.74) is 1.98. The van der Waals surface area contributed by atoms with Gasteiger partial charge >= 0.3 is 6.03 Å². The summed E-state index contributed by atoms with van der Waals surface area (Å²) in [7, 11) is 1.52. The van der Waals surface area contributed by atoms with Crippen molar-refractivity contribution < 1.29 is 14.1 Å². The molecular formula is C18H16Cl2N4O3. The third-order valence-corrected chi connectivity index (χ3v) is 4.41. The minimum atomic E-state index is -0.448. The Bertz CT molecular complexity index is 955. The van der Waals surface area contributed by atoms with Crippen molar-refractivity contribution in [2.45, 2.75) is 13.5 Å². The molecule has 0 aliphatic carbocycles. The van der Waals surface area contributed by atoms with Crippen molar-refractivity contribution in [3.8, 4) is 17.1 Å². The monoisotopic (exact) mass is 406 g/mol. The van der Waals surface area contributed by atoms with Crippen LogP contribution in [-0.4, -0.2) is 23.3 Å². The highest BCUT2D eigenvalue weighted by molar-refractivity contribution is 6.39. The molecule has 0 bridgehead atoms. The smallest absolute Gasteiger partial charge is 0.319 e. The number of urea groups is 1. The van der Waals surface area contributed by atoms with Crippen molar-refractivity contribution in [3.63, 3.8) is 0 Å². The second-order valence-corrected chi connectivity index (χ2v) is 6.35. The lowest BCUT2D eigenvalue weighted by molar-refractivity contribution is 0.251. The summed E-state index contributed by atoms with van der Waals surface area (Å²) >= 11 is 12.5. The summed E-state index contributed by atoms with van der Waals surface area (Å²) in [5, 5.41) is 10.3. The first-order chi connectivity index (χ1) is 13.0. The van der Waals surface area contributed by atoms with E-state index < -0.39 is 6.03 Å². The fourth-order valence-electron chi connectivity index (χ4n) is 2.49. The van der Waals surface area contributed by atoms with Crippen LogP contribution in [0.15, 0.2) is 41.1 Å². The van der Waals surface area contributed by atoms with Gasteiger partial charge in [-0.05, 0) is 25.1 Å². The molecule has 1 aromatic carbocycles. The fraction of sp³-hybridized carbons (Fsp3) is 0.167. The zero-order valence-corrected chi connectivity index (χ0v) is 16.1. The van der Waals surface area contributed by atoms with Crippen LogP contribution in [0.2, 0.25) is 10.0 Å². The molecule has 2 heterocycles. The van der Waals surface area contributed by atoms with Crippen LogP contribution in [-0.2, 0) is 6.54 Å². The van der Waals surface area contributed by atoms with Crippen LogP contribution >= 0.6 is 23.2 Å². The van der Waals surface area contributed by atoms with Gasteiger partial charge in [-0.1, -0.05) is 40.5 Å². The lowest BCUT2D eigenvalue weighted by atomic mass is 10.1. The molecule has 0 radical (unpaired) electrons. The van der Waals surface area contributed by atoms with Gasteiger partial charge in [0.1, 0.15) is 11.4 Å². The molecule has 0 aliphatic rings. The van der Waals surface area contributed by atoms with Gasteiger partial charge in [0.15, 0.2) is 5.76 Å². The lowest BCUT2D eigenvalue weighted by Crippen LogP contribution is -2.28. The van der Waals surface area contributed by atoms with Gasteiger partial charge in [0, 0.05) is 23.9 Å². The van der Waals surface area contributed by atoms with E-state index in [1.165, 1.54) is 7.11 Å². The van der Waals surface area contributed by atoms with Crippen LogP contribution in [0.5, 0.6) is 5.88 Å². The van der Waals surface area contributed by atoms with E-state index in [0.29, 0.717) is 38.6 Å². The summed E-state index contributed by atoms with van der Waals surface area (Å²) < 4.78 is 10.4. The molecule has 0 atom stereocenters. The summed E-state index contributed by atoms with van der Waals surface area (Å²) in [6.45, 7) is 1.91. The molecule has 0 spiro atoms. The molecule has 2 amide bonds. The number of benzene rings is 1. The molecule has 0 saturated carbocycles. The Hall–Kier alpha value is -2.77. The molecule has 2 N–H and O–H groups in total. The first kappa shape index (κ1) is 19.0. The zero-order valence-electron chi connectivity index (χ0n) is 14.5. The lowest BCUT2D eigenvalue weighted by Gasteiger charge is -2.11. The number of aromatic nitrogens is 2. The van der Waals surface area contributed by atoms with E-state index in [-0.39, 0.29) is 6.54 Å². The molecule has 0 saturated heterocycles. The highest BCUT2D eigenvalue weighted by Gasteiger charge is 2.21. The Morgan fingerprint density at radius 2 is 1.96 bits per heavy atom. The number of rotatable bonds is 5. The largest absolute Gasteiger partial charge is 0.481 e. The number of anilines is 1. The number of carbonyl (C=O) groups excluding carboxylic acids is 1. The van der Waals surface area contributed by atoms with Crippen molar-refractivity contribution in [1.82, 2.24) is 15.5 Å². The Morgan fingerprint density at radius 1 is 1.22 bits per heavy atom. The standard InChI is InChI=1S/C18H16Cl2N4O3/c1-10-15(16(24-27-10)14-12(19)6-3-7-13(14)20)23-18(25)22-9-11-5-4-8-21-17(11)26-2/h3-8H,9H2,1-2H3,(H2,22,23,25). The molecule has 3 rings (SSSR count). The number of pyridine rings is 1. The zero-order chi connectivity index (χ0) is 19.4. The number of ether oxygens (including phenoxy) is 1. The number of carbonyl (C=O) groups is 1. The average molecular weight is 407 g/mol. The van der Waals surface area contributed by atoms with Crippen molar-refractivity contribution >= 4 is 34.9 Å². The third-order valence-electron chi connectivity index (χ3n) is 3.78. The molecule has 27 heavy (non-hydrogen) atoms. The van der Waals surface area contributed by atoms with Gasteiger partial charge < -0.3 is 19.9 Å². The highest BCUT2D eigenvalue weighted by atomic mass is 35.5. The van der Waals surface area contributed by atoms with Crippen LogP contribution in [0.25, 0.3) is 11.3 Å². The normalized spacial score (nSPS) is 10.5. The number of aryl methyl sites for hydroxylation is 1. The van der Waals surface area contributed by atoms with Crippen molar-refractivity contribution in [2.24, 2.45) is 0 Å². The minimum absolute atomic E-state index is 0.232. The van der Waals surface area contributed by atoms with Gasteiger partial charge in [-0.3, -0.25) is 0 Å². The van der Waals surface area contributed by atoms with Crippen LogP contribution < -0.4 is 15.4 Å². The second kappa shape index (κ2) is 8.28. The summed E-state index contributed by atoms with van der Waals surface area (Å²) in [5.74, 6) is 0.873. The Kier molecular flexibility index (Phi) is 5.83. The maximum Gasteiger partial charge on any atom is 0.319 e. The van der Waals surface area contributed by atoms with Crippen LogP contribution in [0.4, 0.5) is 10.5 Å². The molecule has 140 valence electrons. The van der Waals surface area contributed by atoms with E-state index in [2.05, 4.69) is 20.8 Å². The topological polar surface area (TPSA) is 89.3 Å². The third kappa shape index (κ3) is 4.15. The average Bonchev–Trinajstić information content (AvgIpc) is 3.00. The molecule has 9 heteroatoms. The van der Waals surface area contributed by atoms with Crippen molar-refractivity contribution in [2.75, 3.05) is 12.4 Å². The summed E-state index contributed by atoms with van der Waals surface area (Å²) in [4.78, 5) is 16.5. The van der Waals surface area contributed by atoms with Crippen LogP contribution in [0.1, 0.15) is 11.3 Å². The minimum Gasteiger partial charge on any atom is -0.481 e. The fourth-order valence-corrected chi connectivity index (χ4v) is 3.07. The van der Waals surface area contributed by atoms with E-state index in [1.54, 1.807) is 37.4 Å². The van der Waals surface area contributed by atoms with Gasteiger partial charge in [0.05, 0.1) is 17.2 Å². The van der Waals surface area contributed by atoms with E-state index in [0.717, 1.165) is 5.56 Å². The van der Waals surface area contributed by atoms with E-state index in [4.69, 9.17) is 32.5 Å². The first-order valence-corrected chi connectivity index (χ1v) is 8.70. The molecule has 0 aliphatic heterocycles. The molecule has 0 unspecified atom stereocenters. The van der Waals surface area contributed by atoms with Gasteiger partial charge in [0.2, 0.25) is 5.88 Å². The Balaban J connectivity index is 1.78. The van der Waals surface area contributed by atoms with E-state index in [1.807, 2.05) is 6.07 Å². The number of hydrogen-bond donors (Lipinski definition) is 2. The second-order valence-electron chi connectivity index (χ2n) is 5.54. The number of nitrogens with one attached hydrogen (secondary N) is 2. The van der Waals surface area contributed by atoms with Gasteiger partial charge in [-0.25, -0.2) is 9.78 Å². The van der Waals surface area contributed by atoms with Gasteiger partial charge in [-0.2, -0.15) is 0 Å². The van der Waals surface area contributed by atoms with Gasteiger partial charge in [-0.15, -0.1) is 0 Å². The Morgan fingerprint density at radius 3 is 2.67 bits per heavy atom. The number of hydrogen-bond acceptors (Lipinski definition) is 5. The summed E-state index contributed by atoms with van der Waals surface area (Å²) in [6.07, 6.45) is 1.61. The van der Waals surface area contributed by atoms with Crippen LogP contribution in [0, 0.1) is 6.92 Å². The first-order valence-electron chi connectivity index (χ1n) is 7.94. The number of methoxy groups -OCH3 is 1. The maximum absolute atomic E-state index is 12.4. The van der Waals surface area contributed by atoms with E-state index in [9.17, 15) is 4.79 Å². The van der Waals surface area contributed by atoms with E-state index >= 15 is 0 Å². The molecule has 0 fully saturated rings. The molecule has 7 nitrogen and oxygen atoms in total. The number of amides is 2. The predicted molar refractivity (Wildman–Crippen MR) is 103 cm³/mol. The SMILES string of the molecule is COc1ncccc1CNC(=O)Nc1c(-c2c(Cl)cccc2Cl)noc1C. The van der Waals surface area contributed by atoms with Gasteiger partial charge in [0.25, 0.3) is 0 Å². The quantitative estimate of drug-likeness (QED) is 0.641. The van der Waals surface area contributed by atoms with Crippen molar-refractivity contribution in [3.05, 3.63) is 57.9 Å². The van der Waals surface area contributed by atoms with Crippen molar-refractivity contribution in [1.29, 1.82) is 0 Å².